The maximum absolute atomic E-state index is 9.33. The number of carboxylic acid groups (broad SMARTS) is 2. The average Bonchev–Trinajstić information content (AvgIpc) is 1.87. The molecule has 6 nitrogen and oxygen atoms in total. The Balaban J connectivity index is -0.000000143. The van der Waals surface area contributed by atoms with Crippen molar-refractivity contribution in [2.24, 2.45) is 0 Å². The van der Waals surface area contributed by atoms with Crippen LogP contribution in [0.3, 0.4) is 0 Å². The van der Waals surface area contributed by atoms with Crippen LogP contribution in [0.15, 0.2) is 0 Å². The molecule has 0 heterocycles. The number of hydrogen-bond acceptors (Lipinski definition) is 6. The molecule has 13 heavy (non-hydrogen) atoms. The first-order valence-electron chi connectivity index (χ1n) is 3.16. The van der Waals surface area contributed by atoms with Gasteiger partial charge < -0.3 is 30.0 Å². The van der Waals surface area contributed by atoms with Crippen molar-refractivity contribution in [3.8, 4) is 0 Å². The van der Waals surface area contributed by atoms with E-state index in [1.807, 2.05) is 0 Å². The van der Waals surface area contributed by atoms with Gasteiger partial charge in [-0.1, -0.05) is 0 Å². The molecule has 80 valence electrons. The van der Waals surface area contributed by atoms with Gasteiger partial charge in [-0.15, -0.1) is 0 Å². The summed E-state index contributed by atoms with van der Waals surface area (Å²) in [7, 11) is 0. The van der Waals surface area contributed by atoms with Crippen LogP contribution >= 0.6 is 0 Å². The molecule has 0 saturated carbocycles. The van der Waals surface area contributed by atoms with Crippen LogP contribution in [0.25, 0.3) is 0 Å². The van der Waals surface area contributed by atoms with E-state index in [0.29, 0.717) is 0 Å². The van der Waals surface area contributed by atoms with Crippen molar-refractivity contribution >= 4 is 11.9 Å². The Morgan fingerprint density at radius 3 is 1.15 bits per heavy atom. The minimum absolute atomic E-state index is 0. The van der Waals surface area contributed by atoms with Gasteiger partial charge in [0.2, 0.25) is 0 Å². The number of aliphatic carboxylic acids is 2. The quantitative estimate of drug-likeness (QED) is 0.511. The van der Waals surface area contributed by atoms with Crippen molar-refractivity contribution in [2.75, 3.05) is 13.2 Å². The molecule has 0 aromatic heterocycles. The minimum atomic E-state index is -1.21. The van der Waals surface area contributed by atoms with Gasteiger partial charge in [0.25, 0.3) is 0 Å². The van der Waals surface area contributed by atoms with Crippen molar-refractivity contribution in [3.63, 3.8) is 0 Å². The Hall–Kier alpha value is -0.478. The number of aliphatic hydroxyl groups is 2. The number of rotatable bonds is 4. The van der Waals surface area contributed by atoms with Crippen molar-refractivity contribution in [1.29, 1.82) is 0 Å². The molecule has 0 aromatic rings. The second-order valence-electron chi connectivity index (χ2n) is 1.69. The Kier molecular flexibility index (Phi) is 19.8. The van der Waals surface area contributed by atoms with Crippen molar-refractivity contribution in [1.82, 2.24) is 0 Å². The number of carbonyl (C=O) groups is 2. The summed E-state index contributed by atoms with van der Waals surface area (Å²) in [6.45, 7) is -0.662. The summed E-state index contributed by atoms with van der Waals surface area (Å²) in [4.78, 5) is 18.7. The van der Waals surface area contributed by atoms with E-state index in [0.717, 1.165) is 0 Å². The maximum atomic E-state index is 9.33. The zero-order valence-electron chi connectivity index (χ0n) is 6.67. The molecular formula is C6H10O6Pd. The van der Waals surface area contributed by atoms with Gasteiger partial charge >= 0.3 is 20.4 Å². The topological polar surface area (TPSA) is 121 Å². The predicted octanol–water partition coefficient (Wildman–Crippen LogP) is -3.77. The second-order valence-corrected chi connectivity index (χ2v) is 1.69. The number of aliphatic hydroxyl groups excluding tert-OH is 2. The summed E-state index contributed by atoms with van der Waals surface area (Å²) in [5.41, 5.74) is 0. The molecule has 0 atom stereocenters. The van der Waals surface area contributed by atoms with Gasteiger partial charge in [0.05, 0.1) is 0 Å². The van der Waals surface area contributed by atoms with Crippen molar-refractivity contribution in [3.05, 3.63) is 0 Å². The second kappa shape index (κ2) is 14.1. The van der Waals surface area contributed by atoms with Crippen LogP contribution in [-0.4, -0.2) is 35.4 Å². The molecule has 0 aromatic carbocycles. The molecule has 0 saturated heterocycles. The Bertz CT molecular complexity index is 121. The normalized spacial score (nSPS) is 7.54. The van der Waals surface area contributed by atoms with E-state index < -0.39 is 11.9 Å². The predicted molar refractivity (Wildman–Crippen MR) is 33.4 cm³/mol. The molecule has 0 rings (SSSR count). The fourth-order valence-electron chi connectivity index (χ4n) is 0.183. The molecule has 7 heteroatoms. The van der Waals surface area contributed by atoms with Crippen LogP contribution < -0.4 is 10.2 Å². The van der Waals surface area contributed by atoms with Gasteiger partial charge in [-0.2, -0.15) is 0 Å². The molecule has 2 N–H and O–H groups in total. The molecule has 0 unspecified atom stereocenters. The SMILES string of the molecule is O=C([O-])CCO.O=C([O-])CCO.[Pd+2]. The minimum Gasteiger partial charge on any atom is -0.550 e. The van der Waals surface area contributed by atoms with Crippen molar-refractivity contribution in [2.45, 2.75) is 12.8 Å². The summed E-state index contributed by atoms with van der Waals surface area (Å²) in [5.74, 6) is -2.42. The number of carbonyl (C=O) groups excluding carboxylic acids is 2. The Morgan fingerprint density at radius 1 is 0.923 bits per heavy atom. The summed E-state index contributed by atoms with van der Waals surface area (Å²) >= 11 is 0. The van der Waals surface area contributed by atoms with Crippen LogP contribution in [0.5, 0.6) is 0 Å². The van der Waals surface area contributed by atoms with Crippen LogP contribution in [-0.2, 0) is 30.0 Å². The van der Waals surface area contributed by atoms with Gasteiger partial charge in [-0.05, 0) is 0 Å². The Morgan fingerprint density at radius 2 is 1.15 bits per heavy atom. The van der Waals surface area contributed by atoms with E-state index in [9.17, 15) is 19.8 Å². The molecule has 0 spiro atoms. The van der Waals surface area contributed by atoms with E-state index in [1.54, 1.807) is 0 Å². The molecule has 0 aliphatic heterocycles. The first kappa shape index (κ1) is 18.3. The van der Waals surface area contributed by atoms with Gasteiger partial charge in [0, 0.05) is 38.0 Å². The van der Waals surface area contributed by atoms with Crippen LogP contribution in [0.4, 0.5) is 0 Å². The van der Waals surface area contributed by atoms with Gasteiger partial charge in [-0.3, -0.25) is 0 Å². The van der Waals surface area contributed by atoms with E-state index in [4.69, 9.17) is 10.2 Å². The van der Waals surface area contributed by atoms with E-state index in [1.165, 1.54) is 0 Å². The first-order chi connectivity index (χ1) is 5.54. The molecule has 0 fully saturated rings. The molecule has 0 aliphatic rings. The van der Waals surface area contributed by atoms with Crippen LogP contribution in [0.2, 0.25) is 0 Å². The maximum Gasteiger partial charge on any atom is 2.00 e. The zero-order valence-corrected chi connectivity index (χ0v) is 8.23. The summed E-state index contributed by atoms with van der Waals surface area (Å²) < 4.78 is 0. The van der Waals surface area contributed by atoms with Gasteiger partial charge in [0.15, 0.2) is 0 Å². The third kappa shape index (κ3) is 34.3. The van der Waals surface area contributed by atoms with Gasteiger partial charge in [0.1, 0.15) is 0 Å². The van der Waals surface area contributed by atoms with E-state index in [2.05, 4.69) is 0 Å². The average molecular weight is 285 g/mol. The fourth-order valence-corrected chi connectivity index (χ4v) is 0.183. The third-order valence-electron chi connectivity index (χ3n) is 0.632. The number of hydrogen-bond donors (Lipinski definition) is 2. The monoisotopic (exact) mass is 284 g/mol. The van der Waals surface area contributed by atoms with Crippen molar-refractivity contribution < 1.29 is 50.4 Å². The fraction of sp³-hybridized carbons (Fsp3) is 0.667. The molecule has 0 aliphatic carbocycles. The summed E-state index contributed by atoms with van der Waals surface area (Å²) in [6, 6.07) is 0. The molecule has 0 radical (unpaired) electrons. The summed E-state index contributed by atoms with van der Waals surface area (Å²) in [5, 5.41) is 34.3. The van der Waals surface area contributed by atoms with Crippen LogP contribution in [0, 0.1) is 0 Å². The van der Waals surface area contributed by atoms with E-state index in [-0.39, 0.29) is 46.5 Å². The first-order valence-corrected chi connectivity index (χ1v) is 3.16. The largest absolute Gasteiger partial charge is 2.00 e. The zero-order chi connectivity index (χ0) is 9.98. The third-order valence-corrected chi connectivity index (χ3v) is 0.632. The summed E-state index contributed by atoms with van der Waals surface area (Å²) in [6.07, 6.45) is -0.528. The number of carboxylic acids is 2. The molecule has 0 amide bonds. The molecular weight excluding hydrogens is 274 g/mol. The molecule has 0 bridgehead atoms. The Labute approximate surface area is 88.8 Å². The van der Waals surface area contributed by atoms with Gasteiger partial charge in [-0.25, -0.2) is 0 Å². The van der Waals surface area contributed by atoms with Crippen LogP contribution in [0.1, 0.15) is 12.8 Å². The standard InChI is InChI=1S/2C3H6O3.Pd/c2*4-2-1-3(5)6;/h2*4H,1-2H2,(H,5,6);/q;;+2/p-2. The smallest absolute Gasteiger partial charge is 0.550 e. The van der Waals surface area contributed by atoms with E-state index >= 15 is 0 Å².